The summed E-state index contributed by atoms with van der Waals surface area (Å²) in [5.74, 6) is -0.681. The molecule has 0 fully saturated rings. The van der Waals surface area contributed by atoms with Crippen LogP contribution >= 0.6 is 0 Å². The van der Waals surface area contributed by atoms with Gasteiger partial charge in [0.05, 0.1) is 18.1 Å². The van der Waals surface area contributed by atoms with Crippen LogP contribution in [-0.4, -0.2) is 55.4 Å². The molecule has 0 aromatic heterocycles. The van der Waals surface area contributed by atoms with Gasteiger partial charge in [0.1, 0.15) is 24.5 Å². The summed E-state index contributed by atoms with van der Waals surface area (Å²) in [5.41, 5.74) is 2.42. The summed E-state index contributed by atoms with van der Waals surface area (Å²) in [4.78, 5) is 30.6. The van der Waals surface area contributed by atoms with Crippen molar-refractivity contribution in [2.24, 2.45) is 4.99 Å². The summed E-state index contributed by atoms with van der Waals surface area (Å²) in [5, 5.41) is 21.5. The summed E-state index contributed by atoms with van der Waals surface area (Å²) in [6.07, 6.45) is 13.6. The van der Waals surface area contributed by atoms with Gasteiger partial charge in [-0.1, -0.05) is 82.4 Å². The summed E-state index contributed by atoms with van der Waals surface area (Å²) in [6, 6.07) is 12.6. The molecule has 0 saturated carbocycles. The van der Waals surface area contributed by atoms with Crippen molar-refractivity contribution in [2.75, 3.05) is 38.0 Å². The topological polar surface area (TPSA) is 105 Å². The fourth-order valence-electron chi connectivity index (χ4n) is 5.14. The number of unbranched alkanes of at least 4 members (excludes halogenated alkanes) is 9. The van der Waals surface area contributed by atoms with Gasteiger partial charge in [-0.05, 0) is 37.6 Å². The largest absolute Gasteiger partial charge is 0.462 e. The van der Waals surface area contributed by atoms with Crippen LogP contribution in [-0.2, 0) is 4.74 Å². The Kier molecular flexibility index (Phi) is 12.6. The van der Waals surface area contributed by atoms with Crippen LogP contribution in [0.5, 0.6) is 0 Å². The molecule has 0 bridgehead atoms. The number of hydrogen-bond acceptors (Lipinski definition) is 7. The van der Waals surface area contributed by atoms with Crippen LogP contribution in [0.1, 0.15) is 87.1 Å². The molecule has 218 valence electrons. The van der Waals surface area contributed by atoms with E-state index in [-0.39, 0.29) is 24.5 Å². The van der Waals surface area contributed by atoms with Gasteiger partial charge in [-0.25, -0.2) is 14.3 Å². The first-order valence-electron chi connectivity index (χ1n) is 14.7. The maximum Gasteiger partial charge on any atom is 0.345 e. The zero-order valence-corrected chi connectivity index (χ0v) is 24.1. The molecule has 0 radical (unpaired) electrons. The number of aliphatic hydroxyl groups is 1. The molecule has 1 heterocycles. The Bertz CT molecular complexity index is 1120. The molecule has 9 nitrogen and oxygen atoms in total. The average molecular weight is 554 g/mol. The Balaban J connectivity index is 1.61. The highest BCUT2D eigenvalue weighted by Crippen LogP contribution is 2.30. The fraction of sp³-hybridized carbons (Fsp3) is 0.548. The number of nitro groups is 1. The van der Waals surface area contributed by atoms with E-state index in [1.54, 1.807) is 6.07 Å². The maximum absolute atomic E-state index is 12.9. The van der Waals surface area contributed by atoms with Gasteiger partial charge in [-0.3, -0.25) is 10.1 Å². The molecule has 1 aliphatic heterocycles. The third-order valence-corrected chi connectivity index (χ3v) is 7.52. The number of nitrogens with zero attached hydrogens (tertiary/aromatic N) is 4. The first kappa shape index (κ1) is 31.2. The number of anilines is 1. The third kappa shape index (κ3) is 8.86. The van der Waals surface area contributed by atoms with Gasteiger partial charge in [0.2, 0.25) is 0 Å². The highest BCUT2D eigenvalue weighted by molar-refractivity contribution is 5.95. The van der Waals surface area contributed by atoms with E-state index in [0.717, 1.165) is 30.5 Å². The molecular weight excluding hydrogens is 508 g/mol. The minimum atomic E-state index is -0.681. The number of rotatable bonds is 17. The van der Waals surface area contributed by atoms with Gasteiger partial charge in [-0.2, -0.15) is 0 Å². The number of aryl methyl sites for hydroxylation is 1. The van der Waals surface area contributed by atoms with Crippen molar-refractivity contribution in [1.82, 2.24) is 4.48 Å². The molecule has 0 aliphatic carbocycles. The van der Waals surface area contributed by atoms with Gasteiger partial charge >= 0.3 is 5.97 Å². The van der Waals surface area contributed by atoms with Crippen LogP contribution in [0.25, 0.3) is 0 Å². The van der Waals surface area contributed by atoms with Crippen molar-refractivity contribution in [3.05, 3.63) is 63.7 Å². The number of aliphatic imine (C=N–C) groups is 1. The van der Waals surface area contributed by atoms with Gasteiger partial charge in [0.15, 0.2) is 13.0 Å². The quantitative estimate of drug-likeness (QED) is 0.0764. The maximum atomic E-state index is 12.9. The monoisotopic (exact) mass is 553 g/mol. The molecular formula is C31H45N4O5+. The Hall–Kier alpha value is -3.30. The molecule has 40 heavy (non-hydrogen) atoms. The first-order valence-corrected chi connectivity index (χ1v) is 14.7. The van der Waals surface area contributed by atoms with E-state index in [4.69, 9.17) is 4.74 Å². The molecule has 0 saturated heterocycles. The number of nitro benzene ring substituents is 1. The lowest BCUT2D eigenvalue weighted by Gasteiger charge is -2.40. The van der Waals surface area contributed by atoms with E-state index in [1.165, 1.54) is 57.1 Å². The van der Waals surface area contributed by atoms with Crippen LogP contribution in [0.3, 0.4) is 0 Å². The molecule has 3 rings (SSSR count). The average Bonchev–Trinajstić information content (AvgIpc) is 2.96. The Labute approximate surface area is 238 Å². The molecule has 1 atom stereocenters. The molecule has 1 N–H and O–H groups in total. The van der Waals surface area contributed by atoms with E-state index in [2.05, 4.69) is 11.9 Å². The Morgan fingerprint density at radius 3 is 2.30 bits per heavy atom. The van der Waals surface area contributed by atoms with E-state index in [1.807, 2.05) is 42.4 Å². The lowest BCUT2D eigenvalue weighted by molar-refractivity contribution is -0.385. The van der Waals surface area contributed by atoms with Crippen LogP contribution in [0, 0.1) is 17.0 Å². The van der Waals surface area contributed by atoms with Crippen LogP contribution < -0.4 is 9.38 Å². The number of esters is 1. The van der Waals surface area contributed by atoms with Crippen molar-refractivity contribution in [3.63, 3.8) is 0 Å². The number of benzene rings is 2. The summed E-state index contributed by atoms with van der Waals surface area (Å²) in [7, 11) is 0. The van der Waals surface area contributed by atoms with Gasteiger partial charge in [0, 0.05) is 11.8 Å². The van der Waals surface area contributed by atoms with E-state index in [0.29, 0.717) is 30.1 Å². The molecule has 0 spiro atoms. The van der Waals surface area contributed by atoms with E-state index in [9.17, 15) is 20.0 Å². The lowest BCUT2D eigenvalue weighted by atomic mass is 10.1. The number of aliphatic hydroxyl groups excluding tert-OH is 1. The third-order valence-electron chi connectivity index (χ3n) is 7.52. The summed E-state index contributed by atoms with van der Waals surface area (Å²) >= 11 is 0. The summed E-state index contributed by atoms with van der Waals surface area (Å²) < 4.78 is 5.76. The number of hydrogen-bond donors (Lipinski definition) is 1. The lowest BCUT2D eigenvalue weighted by Crippen LogP contribution is -2.59. The number of quaternary nitrogens is 1. The Morgan fingerprint density at radius 2 is 1.68 bits per heavy atom. The normalized spacial score (nSPS) is 16.7. The van der Waals surface area contributed by atoms with E-state index >= 15 is 0 Å². The van der Waals surface area contributed by atoms with Gasteiger partial charge in [-0.15, -0.1) is 0 Å². The molecule has 0 amide bonds. The summed E-state index contributed by atoms with van der Waals surface area (Å²) in [6.45, 7) is 5.66. The van der Waals surface area contributed by atoms with Crippen molar-refractivity contribution in [3.8, 4) is 0 Å². The SMILES string of the molecule is CCCCCCCCCCCCOC(=O)c1cc(N2CN=C[N+](CCO)(c3ccc(C)cc3)C2)ccc1[N+](=O)[O-]. The number of carbonyl (C=O) groups excluding carboxylic acids is 1. The standard InChI is InChI=1S/C31H45N4O5/c1-3-4-5-6-7-8-9-10-11-12-21-40-31(37)29-22-27(15-18-30(29)34(38)39)33-23-32-24-35(25-33,19-20-36)28-16-13-26(2)14-17-28/h13-18,22,24,36H,3-12,19-21,23,25H2,1-2H3/q+1. The molecule has 2 aromatic carbocycles. The van der Waals surface area contributed by atoms with Gasteiger partial charge in [0.25, 0.3) is 5.69 Å². The fourth-order valence-corrected chi connectivity index (χ4v) is 5.14. The van der Waals surface area contributed by atoms with Crippen molar-refractivity contribution in [2.45, 2.75) is 78.1 Å². The highest BCUT2D eigenvalue weighted by atomic mass is 16.6. The second-order valence-corrected chi connectivity index (χ2v) is 10.7. The minimum absolute atomic E-state index is 0.0372. The van der Waals surface area contributed by atoms with Crippen molar-refractivity contribution in [1.29, 1.82) is 0 Å². The van der Waals surface area contributed by atoms with E-state index < -0.39 is 10.9 Å². The number of carbonyl (C=O) groups is 1. The molecule has 1 aliphatic rings. The first-order chi connectivity index (χ1) is 19.4. The van der Waals surface area contributed by atoms with Crippen LogP contribution in [0.4, 0.5) is 17.1 Å². The zero-order chi connectivity index (χ0) is 28.8. The smallest absolute Gasteiger partial charge is 0.345 e. The van der Waals surface area contributed by atoms with Crippen molar-refractivity contribution >= 4 is 29.4 Å². The minimum Gasteiger partial charge on any atom is -0.462 e. The predicted molar refractivity (Wildman–Crippen MR) is 161 cm³/mol. The zero-order valence-electron chi connectivity index (χ0n) is 24.1. The molecule has 1 unspecified atom stereocenters. The van der Waals surface area contributed by atoms with Crippen molar-refractivity contribution < 1.29 is 19.6 Å². The number of ether oxygens (including phenoxy) is 1. The second-order valence-electron chi connectivity index (χ2n) is 10.7. The van der Waals surface area contributed by atoms with Gasteiger partial charge < -0.3 is 14.7 Å². The highest BCUT2D eigenvalue weighted by Gasteiger charge is 2.35. The molecule has 9 heteroatoms. The predicted octanol–water partition coefficient (Wildman–Crippen LogP) is 6.74. The Morgan fingerprint density at radius 1 is 1.02 bits per heavy atom. The molecule has 2 aromatic rings. The van der Waals surface area contributed by atoms with Crippen LogP contribution in [0.15, 0.2) is 47.5 Å². The second kappa shape index (κ2) is 16.1. The van der Waals surface area contributed by atoms with Crippen LogP contribution in [0.2, 0.25) is 0 Å².